The van der Waals surface area contributed by atoms with E-state index in [0.29, 0.717) is 12.8 Å². The molecule has 2 fully saturated rings. The van der Waals surface area contributed by atoms with E-state index in [1.165, 1.54) is 9.47 Å². The number of likely N-dealkylation sites (tertiary alicyclic amines) is 1. The number of nitrogens with one attached hydrogen (secondary N) is 1. The SMILES string of the molecule is CC1c2c(c(=O)[nH]c(=O)n2C2CC2)C(O)=C(F)C1N1CC(CN)C(C(F)(F)F)C1. The first-order valence-electron chi connectivity index (χ1n) is 9.54. The molecule has 0 aromatic carbocycles. The van der Waals surface area contributed by atoms with Gasteiger partial charge in [0.1, 0.15) is 5.56 Å². The van der Waals surface area contributed by atoms with Gasteiger partial charge in [-0.05, 0) is 25.3 Å². The topological polar surface area (TPSA) is 104 Å². The number of fused-ring (bicyclic) bond motifs is 1. The van der Waals surface area contributed by atoms with E-state index in [9.17, 15) is 27.9 Å². The number of nitrogens with zero attached hydrogens (tertiary/aromatic N) is 2. The molecule has 0 spiro atoms. The van der Waals surface area contributed by atoms with Gasteiger partial charge in [-0.3, -0.25) is 19.2 Å². The van der Waals surface area contributed by atoms with Crippen molar-refractivity contribution in [3.8, 4) is 0 Å². The van der Waals surface area contributed by atoms with Gasteiger partial charge in [-0.25, -0.2) is 9.18 Å². The van der Waals surface area contributed by atoms with Crippen molar-refractivity contribution in [2.24, 2.45) is 17.6 Å². The lowest BCUT2D eigenvalue weighted by atomic mass is 9.86. The summed E-state index contributed by atoms with van der Waals surface area (Å²) in [6, 6.07) is -1.39. The van der Waals surface area contributed by atoms with Crippen LogP contribution in [0.1, 0.15) is 43.0 Å². The van der Waals surface area contributed by atoms with Gasteiger partial charge in [0.15, 0.2) is 11.6 Å². The molecule has 0 bridgehead atoms. The van der Waals surface area contributed by atoms with Crippen molar-refractivity contribution in [2.75, 3.05) is 19.6 Å². The third-order valence-corrected chi connectivity index (χ3v) is 6.31. The Morgan fingerprint density at radius 1 is 1.24 bits per heavy atom. The third kappa shape index (κ3) is 3.10. The van der Waals surface area contributed by atoms with Crippen LogP contribution in [-0.4, -0.2) is 51.4 Å². The van der Waals surface area contributed by atoms with Crippen LogP contribution in [0.2, 0.25) is 0 Å². The maximum atomic E-state index is 15.1. The Morgan fingerprint density at radius 2 is 1.90 bits per heavy atom. The Labute approximate surface area is 162 Å². The number of nitrogens with two attached hydrogens (primary N) is 1. The highest BCUT2D eigenvalue weighted by atomic mass is 19.4. The molecule has 4 atom stereocenters. The van der Waals surface area contributed by atoms with E-state index in [4.69, 9.17) is 5.73 Å². The molecule has 1 saturated heterocycles. The van der Waals surface area contributed by atoms with E-state index in [1.807, 2.05) is 0 Å². The van der Waals surface area contributed by atoms with Gasteiger partial charge in [0.05, 0.1) is 12.0 Å². The van der Waals surface area contributed by atoms with Crippen molar-refractivity contribution >= 4 is 5.76 Å². The molecule has 1 aromatic heterocycles. The van der Waals surface area contributed by atoms with Crippen LogP contribution in [0.25, 0.3) is 5.76 Å². The predicted molar refractivity (Wildman–Crippen MR) is 96.1 cm³/mol. The van der Waals surface area contributed by atoms with Crippen molar-refractivity contribution in [1.82, 2.24) is 14.5 Å². The number of hydrogen-bond acceptors (Lipinski definition) is 5. The average molecular weight is 418 g/mol. The summed E-state index contributed by atoms with van der Waals surface area (Å²) in [5, 5.41) is 10.4. The number of halogens is 4. The van der Waals surface area contributed by atoms with Gasteiger partial charge < -0.3 is 10.8 Å². The molecular formula is C18H22F4N4O3. The highest BCUT2D eigenvalue weighted by Crippen LogP contribution is 2.46. The Hall–Kier alpha value is -2.14. The van der Waals surface area contributed by atoms with E-state index >= 15 is 4.39 Å². The van der Waals surface area contributed by atoms with Gasteiger partial charge in [-0.2, -0.15) is 13.2 Å². The Bertz CT molecular complexity index is 979. The molecule has 1 saturated carbocycles. The maximum Gasteiger partial charge on any atom is 0.393 e. The number of H-pyrrole nitrogens is 1. The molecule has 1 aromatic rings. The number of aliphatic hydroxyl groups is 1. The van der Waals surface area contributed by atoms with Crippen LogP contribution in [0.4, 0.5) is 17.6 Å². The normalized spacial score (nSPS) is 30.7. The fraction of sp³-hybridized carbons (Fsp3) is 0.667. The number of aromatic amines is 1. The van der Waals surface area contributed by atoms with Crippen molar-refractivity contribution < 1.29 is 22.7 Å². The van der Waals surface area contributed by atoms with Gasteiger partial charge in [-0.1, -0.05) is 6.92 Å². The third-order valence-electron chi connectivity index (χ3n) is 6.31. The molecule has 29 heavy (non-hydrogen) atoms. The van der Waals surface area contributed by atoms with Crippen molar-refractivity contribution in [3.63, 3.8) is 0 Å². The quantitative estimate of drug-likeness (QED) is 0.648. The summed E-state index contributed by atoms with van der Waals surface area (Å²) in [7, 11) is 0. The molecule has 4 rings (SSSR count). The fourth-order valence-corrected chi connectivity index (χ4v) is 4.78. The summed E-state index contributed by atoms with van der Waals surface area (Å²) < 4.78 is 56.7. The summed E-state index contributed by atoms with van der Waals surface area (Å²) in [4.78, 5) is 28.1. The minimum atomic E-state index is -4.48. The van der Waals surface area contributed by atoms with Crippen molar-refractivity contribution in [2.45, 2.75) is 43.9 Å². The summed E-state index contributed by atoms with van der Waals surface area (Å²) >= 11 is 0. The minimum absolute atomic E-state index is 0.0947. The van der Waals surface area contributed by atoms with Crippen LogP contribution < -0.4 is 17.0 Å². The average Bonchev–Trinajstić information content (AvgIpc) is 3.36. The maximum absolute atomic E-state index is 15.1. The minimum Gasteiger partial charge on any atom is -0.504 e. The molecule has 11 heteroatoms. The molecule has 1 aliphatic heterocycles. The van der Waals surface area contributed by atoms with Crippen LogP contribution in [0.5, 0.6) is 0 Å². The molecule has 2 heterocycles. The lowest BCUT2D eigenvalue weighted by molar-refractivity contribution is -0.179. The zero-order chi connectivity index (χ0) is 21.2. The molecule has 0 radical (unpaired) electrons. The summed E-state index contributed by atoms with van der Waals surface area (Å²) in [6.07, 6.45) is -3.10. The van der Waals surface area contributed by atoms with E-state index in [2.05, 4.69) is 4.98 Å². The van der Waals surface area contributed by atoms with E-state index in [0.717, 1.165) is 0 Å². The number of rotatable bonds is 3. The van der Waals surface area contributed by atoms with Crippen molar-refractivity contribution in [3.05, 3.63) is 37.9 Å². The van der Waals surface area contributed by atoms with Crippen molar-refractivity contribution in [1.29, 1.82) is 0 Å². The van der Waals surface area contributed by atoms with E-state index in [-0.39, 0.29) is 30.4 Å². The van der Waals surface area contributed by atoms with E-state index < -0.39 is 59.4 Å². The second-order valence-corrected chi connectivity index (χ2v) is 8.15. The Balaban J connectivity index is 1.81. The molecule has 4 N–H and O–H groups in total. The summed E-state index contributed by atoms with van der Waals surface area (Å²) in [5.74, 6) is -5.39. The van der Waals surface area contributed by atoms with Gasteiger partial charge in [-0.15, -0.1) is 0 Å². The number of aromatic nitrogens is 2. The smallest absolute Gasteiger partial charge is 0.393 e. The molecule has 2 aliphatic carbocycles. The zero-order valence-electron chi connectivity index (χ0n) is 15.7. The summed E-state index contributed by atoms with van der Waals surface area (Å²) in [6.45, 7) is 0.795. The highest BCUT2D eigenvalue weighted by molar-refractivity contribution is 5.66. The van der Waals surface area contributed by atoms with Gasteiger partial charge in [0.25, 0.3) is 5.56 Å². The first kappa shape index (κ1) is 20.1. The summed E-state index contributed by atoms with van der Waals surface area (Å²) in [5.41, 5.74) is 3.81. The lowest BCUT2D eigenvalue weighted by Gasteiger charge is -2.37. The first-order valence-corrected chi connectivity index (χ1v) is 9.54. The Morgan fingerprint density at radius 3 is 2.41 bits per heavy atom. The van der Waals surface area contributed by atoms with Crippen LogP contribution in [-0.2, 0) is 0 Å². The predicted octanol–water partition coefficient (Wildman–Crippen LogP) is 1.62. The Kier molecular flexibility index (Phi) is 4.65. The van der Waals surface area contributed by atoms with Crippen LogP contribution in [0, 0.1) is 11.8 Å². The standard InChI is InChI=1S/C18H22F4N4O3/c1-7-13-11(16(28)24-17(29)26(13)9-2-3-9)15(27)12(19)14(7)25-5-8(4-23)10(6-25)18(20,21)22/h7-10,14,27H,2-6,23H2,1H3,(H,24,28,29). The van der Waals surface area contributed by atoms with Gasteiger partial charge in [0, 0.05) is 30.7 Å². The first-order chi connectivity index (χ1) is 13.6. The van der Waals surface area contributed by atoms with Crippen LogP contribution in [0.3, 0.4) is 0 Å². The molecule has 3 aliphatic rings. The number of hydrogen-bond donors (Lipinski definition) is 3. The second-order valence-electron chi connectivity index (χ2n) is 8.15. The zero-order valence-corrected chi connectivity index (χ0v) is 15.7. The molecule has 7 nitrogen and oxygen atoms in total. The monoisotopic (exact) mass is 418 g/mol. The van der Waals surface area contributed by atoms with Crippen LogP contribution in [0.15, 0.2) is 15.4 Å². The second kappa shape index (κ2) is 6.69. The number of aliphatic hydroxyl groups excluding tert-OH is 1. The van der Waals surface area contributed by atoms with E-state index in [1.54, 1.807) is 6.92 Å². The number of alkyl halides is 3. The van der Waals surface area contributed by atoms with Gasteiger partial charge in [0.2, 0.25) is 0 Å². The molecular weight excluding hydrogens is 396 g/mol. The fourth-order valence-electron chi connectivity index (χ4n) is 4.78. The molecule has 0 amide bonds. The molecule has 4 unspecified atom stereocenters. The van der Waals surface area contributed by atoms with Gasteiger partial charge >= 0.3 is 11.9 Å². The highest BCUT2D eigenvalue weighted by Gasteiger charge is 2.53. The molecule has 160 valence electrons. The lowest BCUT2D eigenvalue weighted by Crippen LogP contribution is -2.46. The largest absolute Gasteiger partial charge is 0.504 e. The van der Waals surface area contributed by atoms with Crippen LogP contribution >= 0.6 is 0 Å².